The number of fused-ring (bicyclic) bond motifs is 1. The molecule has 0 saturated heterocycles. The van der Waals surface area contributed by atoms with Gasteiger partial charge in [0.25, 0.3) is 0 Å². The Kier molecular flexibility index (Phi) is 3.05. The SMILES string of the molecule is Cc1ccnc(Sc2ccc(N)c3ccncc23)n1. The van der Waals surface area contributed by atoms with Gasteiger partial charge in [0, 0.05) is 45.6 Å². The summed E-state index contributed by atoms with van der Waals surface area (Å²) in [6, 6.07) is 7.69. The van der Waals surface area contributed by atoms with E-state index in [1.807, 2.05) is 37.4 Å². The van der Waals surface area contributed by atoms with Crippen LogP contribution in [0.4, 0.5) is 5.69 Å². The molecule has 0 aliphatic carbocycles. The Bertz CT molecular complexity index is 742. The van der Waals surface area contributed by atoms with Crippen LogP contribution in [-0.2, 0) is 0 Å². The molecule has 3 aromatic rings. The molecule has 0 saturated carbocycles. The van der Waals surface area contributed by atoms with Crippen LogP contribution in [0.25, 0.3) is 10.8 Å². The van der Waals surface area contributed by atoms with E-state index >= 15 is 0 Å². The molecule has 4 nitrogen and oxygen atoms in total. The summed E-state index contributed by atoms with van der Waals surface area (Å²) in [6.07, 6.45) is 5.34. The summed E-state index contributed by atoms with van der Waals surface area (Å²) in [5, 5.41) is 2.76. The van der Waals surface area contributed by atoms with Gasteiger partial charge < -0.3 is 5.73 Å². The topological polar surface area (TPSA) is 64.7 Å². The zero-order valence-corrected chi connectivity index (χ0v) is 11.2. The first-order chi connectivity index (χ1) is 9.24. The van der Waals surface area contributed by atoms with Gasteiger partial charge >= 0.3 is 0 Å². The number of hydrogen-bond donors (Lipinski definition) is 1. The molecule has 0 amide bonds. The van der Waals surface area contributed by atoms with Gasteiger partial charge in [0.15, 0.2) is 5.16 Å². The van der Waals surface area contributed by atoms with Crippen LogP contribution < -0.4 is 5.73 Å². The fourth-order valence-electron chi connectivity index (χ4n) is 1.85. The minimum atomic E-state index is 0.731. The Hall–Kier alpha value is -2.14. The molecule has 0 unspecified atom stereocenters. The number of nitrogens with two attached hydrogens (primary N) is 1. The lowest BCUT2D eigenvalue weighted by Crippen LogP contribution is -1.91. The third kappa shape index (κ3) is 2.37. The maximum Gasteiger partial charge on any atom is 0.192 e. The normalized spacial score (nSPS) is 10.8. The highest BCUT2D eigenvalue weighted by Crippen LogP contribution is 2.33. The first-order valence-electron chi connectivity index (χ1n) is 5.84. The predicted octanol–water partition coefficient (Wildman–Crippen LogP) is 3.07. The van der Waals surface area contributed by atoms with Crippen LogP contribution in [0, 0.1) is 6.92 Å². The van der Waals surface area contributed by atoms with E-state index in [1.165, 1.54) is 11.8 Å². The summed E-state index contributed by atoms with van der Waals surface area (Å²) < 4.78 is 0. The van der Waals surface area contributed by atoms with Crippen molar-refractivity contribution in [3.63, 3.8) is 0 Å². The van der Waals surface area contributed by atoms with Crippen molar-refractivity contribution in [2.45, 2.75) is 17.0 Å². The third-order valence-corrected chi connectivity index (χ3v) is 3.74. The number of anilines is 1. The number of hydrogen-bond acceptors (Lipinski definition) is 5. The van der Waals surface area contributed by atoms with Crippen molar-refractivity contribution in [1.29, 1.82) is 0 Å². The lowest BCUT2D eigenvalue weighted by Gasteiger charge is -2.07. The molecule has 19 heavy (non-hydrogen) atoms. The Morgan fingerprint density at radius 1 is 1.05 bits per heavy atom. The monoisotopic (exact) mass is 268 g/mol. The van der Waals surface area contributed by atoms with E-state index in [4.69, 9.17) is 5.73 Å². The second-order valence-corrected chi connectivity index (χ2v) is 5.17. The number of pyridine rings is 1. The van der Waals surface area contributed by atoms with Gasteiger partial charge in [-0.3, -0.25) is 4.98 Å². The molecule has 0 atom stereocenters. The largest absolute Gasteiger partial charge is 0.398 e. The predicted molar refractivity (Wildman–Crippen MR) is 77.0 cm³/mol. The van der Waals surface area contributed by atoms with Crippen molar-refractivity contribution in [3.8, 4) is 0 Å². The Balaban J connectivity index is 2.09. The van der Waals surface area contributed by atoms with Gasteiger partial charge in [0.2, 0.25) is 0 Å². The Morgan fingerprint density at radius 2 is 1.95 bits per heavy atom. The first-order valence-corrected chi connectivity index (χ1v) is 6.65. The molecule has 1 aromatic carbocycles. The van der Waals surface area contributed by atoms with Crippen LogP contribution in [-0.4, -0.2) is 15.0 Å². The van der Waals surface area contributed by atoms with Gasteiger partial charge in [-0.05, 0) is 43.0 Å². The number of benzene rings is 1. The lowest BCUT2D eigenvalue weighted by molar-refractivity contribution is 0.933. The van der Waals surface area contributed by atoms with Crippen molar-refractivity contribution < 1.29 is 0 Å². The summed E-state index contributed by atoms with van der Waals surface area (Å²) >= 11 is 1.52. The van der Waals surface area contributed by atoms with E-state index < -0.39 is 0 Å². The summed E-state index contributed by atoms with van der Waals surface area (Å²) in [6.45, 7) is 1.95. The Morgan fingerprint density at radius 3 is 2.79 bits per heavy atom. The van der Waals surface area contributed by atoms with E-state index in [0.29, 0.717) is 0 Å². The van der Waals surface area contributed by atoms with E-state index in [1.54, 1.807) is 12.4 Å². The van der Waals surface area contributed by atoms with E-state index in [-0.39, 0.29) is 0 Å². The summed E-state index contributed by atoms with van der Waals surface area (Å²) in [5.41, 5.74) is 7.68. The summed E-state index contributed by atoms with van der Waals surface area (Å²) in [7, 11) is 0. The highest BCUT2D eigenvalue weighted by Gasteiger charge is 2.07. The van der Waals surface area contributed by atoms with Crippen LogP contribution in [0.5, 0.6) is 0 Å². The van der Waals surface area contributed by atoms with Crippen LogP contribution in [0.1, 0.15) is 5.69 Å². The van der Waals surface area contributed by atoms with Gasteiger partial charge in [-0.1, -0.05) is 0 Å². The second-order valence-electron chi connectivity index (χ2n) is 4.16. The average molecular weight is 268 g/mol. The maximum absolute atomic E-state index is 5.97. The number of aryl methyl sites for hydroxylation is 1. The Labute approximate surface area is 115 Å². The second kappa shape index (κ2) is 4.85. The standard InChI is InChI=1S/C14H12N4S/c1-9-4-7-17-14(18-9)19-13-3-2-12(15)10-5-6-16-8-11(10)13/h2-8H,15H2,1H3. The fourth-order valence-corrected chi connectivity index (χ4v) is 2.76. The van der Waals surface area contributed by atoms with Crippen molar-refractivity contribution in [3.05, 3.63) is 48.5 Å². The van der Waals surface area contributed by atoms with E-state index in [0.717, 1.165) is 32.2 Å². The molecule has 5 heteroatoms. The maximum atomic E-state index is 5.97. The molecule has 2 N–H and O–H groups in total. The lowest BCUT2D eigenvalue weighted by atomic mass is 10.1. The average Bonchev–Trinajstić information content (AvgIpc) is 2.42. The van der Waals surface area contributed by atoms with Crippen LogP contribution in [0.2, 0.25) is 0 Å². The minimum absolute atomic E-state index is 0.731. The number of nitrogens with zero attached hydrogens (tertiary/aromatic N) is 3. The molecule has 2 aromatic heterocycles. The molecule has 0 aliphatic rings. The molecule has 0 radical (unpaired) electrons. The summed E-state index contributed by atoms with van der Waals surface area (Å²) in [4.78, 5) is 13.9. The van der Waals surface area contributed by atoms with Gasteiger partial charge in [-0.15, -0.1) is 0 Å². The fraction of sp³-hybridized carbons (Fsp3) is 0.0714. The highest BCUT2D eigenvalue weighted by molar-refractivity contribution is 7.99. The third-order valence-electron chi connectivity index (χ3n) is 2.79. The number of rotatable bonds is 2. The molecule has 0 aliphatic heterocycles. The van der Waals surface area contributed by atoms with Crippen molar-refractivity contribution in [2.24, 2.45) is 0 Å². The molecule has 0 bridgehead atoms. The zero-order valence-electron chi connectivity index (χ0n) is 10.4. The highest BCUT2D eigenvalue weighted by atomic mass is 32.2. The van der Waals surface area contributed by atoms with E-state index in [9.17, 15) is 0 Å². The first kappa shape index (κ1) is 11.9. The smallest absolute Gasteiger partial charge is 0.192 e. The molecule has 0 fully saturated rings. The molecular formula is C14H12N4S. The minimum Gasteiger partial charge on any atom is -0.398 e. The zero-order chi connectivity index (χ0) is 13.2. The van der Waals surface area contributed by atoms with Crippen molar-refractivity contribution in [2.75, 3.05) is 5.73 Å². The molecule has 94 valence electrons. The molecule has 2 heterocycles. The van der Waals surface area contributed by atoms with E-state index in [2.05, 4.69) is 15.0 Å². The van der Waals surface area contributed by atoms with Gasteiger partial charge in [0.05, 0.1) is 0 Å². The number of nitrogen functional groups attached to an aromatic ring is 1. The number of aromatic nitrogens is 3. The molecule has 3 rings (SSSR count). The van der Waals surface area contributed by atoms with Crippen molar-refractivity contribution >= 4 is 28.2 Å². The van der Waals surface area contributed by atoms with Crippen molar-refractivity contribution in [1.82, 2.24) is 15.0 Å². The quantitative estimate of drug-likeness (QED) is 0.571. The van der Waals surface area contributed by atoms with Crippen LogP contribution in [0.3, 0.4) is 0 Å². The van der Waals surface area contributed by atoms with Gasteiger partial charge in [-0.25, -0.2) is 9.97 Å². The molecular weight excluding hydrogens is 256 g/mol. The molecule has 0 spiro atoms. The summed E-state index contributed by atoms with van der Waals surface area (Å²) in [5.74, 6) is 0. The van der Waals surface area contributed by atoms with Gasteiger partial charge in [-0.2, -0.15) is 0 Å². The van der Waals surface area contributed by atoms with Crippen LogP contribution in [0.15, 0.2) is 52.9 Å². The van der Waals surface area contributed by atoms with Crippen LogP contribution >= 0.6 is 11.8 Å². The van der Waals surface area contributed by atoms with Gasteiger partial charge in [0.1, 0.15) is 0 Å².